The van der Waals surface area contributed by atoms with E-state index in [-0.39, 0.29) is 5.75 Å². The van der Waals surface area contributed by atoms with E-state index >= 15 is 0 Å². The van der Waals surface area contributed by atoms with E-state index in [0.717, 1.165) is 5.56 Å². The molecule has 1 aromatic heterocycles. The average molecular weight is 314 g/mol. The highest BCUT2D eigenvalue weighted by Crippen LogP contribution is 2.21. The Bertz CT molecular complexity index is 588. The third kappa shape index (κ3) is 3.96. The first-order valence-corrected chi connectivity index (χ1v) is 7.24. The maximum Gasteiger partial charge on any atom is 0.321 e. The molecule has 1 aromatic carbocycles. The van der Waals surface area contributed by atoms with Gasteiger partial charge in [-0.3, -0.25) is 4.79 Å². The van der Waals surface area contributed by atoms with Crippen LogP contribution < -0.4 is 5.73 Å². The molecule has 0 radical (unpaired) electrons. The lowest BCUT2D eigenvalue weighted by Crippen LogP contribution is -2.32. The SMILES string of the molecule is N[C@@H](CSCc1nnc(-c2ccc(Cl)cc2)o1)C(=O)O. The lowest BCUT2D eigenvalue weighted by atomic mass is 10.2. The van der Waals surface area contributed by atoms with Crippen molar-refractivity contribution in [1.82, 2.24) is 10.2 Å². The van der Waals surface area contributed by atoms with Gasteiger partial charge in [0.25, 0.3) is 0 Å². The summed E-state index contributed by atoms with van der Waals surface area (Å²) in [6.07, 6.45) is 0. The molecule has 0 spiro atoms. The van der Waals surface area contributed by atoms with Crippen LogP contribution in [0.15, 0.2) is 28.7 Å². The number of carbonyl (C=O) groups is 1. The number of aromatic nitrogens is 2. The van der Waals surface area contributed by atoms with Crippen LogP contribution in [0.1, 0.15) is 5.89 Å². The Morgan fingerprint density at radius 2 is 2.10 bits per heavy atom. The molecule has 20 heavy (non-hydrogen) atoms. The second-order valence-electron chi connectivity index (χ2n) is 3.97. The summed E-state index contributed by atoms with van der Waals surface area (Å²) in [5.74, 6) is 0.512. The summed E-state index contributed by atoms with van der Waals surface area (Å²) >= 11 is 7.13. The lowest BCUT2D eigenvalue weighted by Gasteiger charge is -2.03. The van der Waals surface area contributed by atoms with Gasteiger partial charge in [0, 0.05) is 16.3 Å². The normalized spacial score (nSPS) is 12.3. The summed E-state index contributed by atoms with van der Waals surface area (Å²) in [5.41, 5.74) is 6.17. The predicted molar refractivity (Wildman–Crippen MR) is 76.5 cm³/mol. The molecule has 1 heterocycles. The number of aliphatic carboxylic acids is 1. The predicted octanol–water partition coefficient (Wildman–Crippen LogP) is 2.04. The first-order valence-electron chi connectivity index (χ1n) is 5.70. The Hall–Kier alpha value is -1.57. The van der Waals surface area contributed by atoms with Gasteiger partial charge < -0.3 is 15.3 Å². The zero-order valence-electron chi connectivity index (χ0n) is 10.3. The van der Waals surface area contributed by atoms with Crippen LogP contribution in [0.3, 0.4) is 0 Å². The fourth-order valence-corrected chi connectivity index (χ4v) is 2.30. The van der Waals surface area contributed by atoms with Gasteiger partial charge in [-0.05, 0) is 24.3 Å². The van der Waals surface area contributed by atoms with Crippen molar-refractivity contribution in [2.75, 3.05) is 5.75 Å². The summed E-state index contributed by atoms with van der Waals surface area (Å²) in [4.78, 5) is 10.6. The van der Waals surface area contributed by atoms with Gasteiger partial charge in [-0.25, -0.2) is 0 Å². The summed E-state index contributed by atoms with van der Waals surface area (Å²) in [5, 5.41) is 17.1. The molecule has 0 fully saturated rings. The van der Waals surface area contributed by atoms with Gasteiger partial charge in [0.15, 0.2) is 0 Å². The number of benzene rings is 1. The van der Waals surface area contributed by atoms with Crippen molar-refractivity contribution in [3.05, 3.63) is 35.2 Å². The van der Waals surface area contributed by atoms with E-state index in [1.807, 2.05) is 0 Å². The molecule has 6 nitrogen and oxygen atoms in total. The Kier molecular flexibility index (Phi) is 4.99. The minimum atomic E-state index is -1.02. The highest BCUT2D eigenvalue weighted by atomic mass is 35.5. The number of thioether (sulfide) groups is 1. The largest absolute Gasteiger partial charge is 0.480 e. The molecule has 8 heteroatoms. The van der Waals surface area contributed by atoms with Gasteiger partial charge in [0.05, 0.1) is 5.75 Å². The second kappa shape index (κ2) is 6.74. The Labute approximate surface area is 124 Å². The van der Waals surface area contributed by atoms with Crippen LogP contribution in [0, 0.1) is 0 Å². The number of rotatable bonds is 6. The molecule has 2 rings (SSSR count). The summed E-state index contributed by atoms with van der Waals surface area (Å²) in [7, 11) is 0. The number of carboxylic acid groups (broad SMARTS) is 1. The Morgan fingerprint density at radius 3 is 2.75 bits per heavy atom. The van der Waals surface area contributed by atoms with Crippen LogP contribution in [0.5, 0.6) is 0 Å². The van der Waals surface area contributed by atoms with Crippen molar-refractivity contribution in [1.29, 1.82) is 0 Å². The third-order valence-corrected chi connectivity index (χ3v) is 3.70. The first kappa shape index (κ1) is 14.8. The van der Waals surface area contributed by atoms with E-state index in [0.29, 0.717) is 22.6 Å². The zero-order chi connectivity index (χ0) is 14.5. The van der Waals surface area contributed by atoms with E-state index in [9.17, 15) is 4.79 Å². The van der Waals surface area contributed by atoms with E-state index in [2.05, 4.69) is 10.2 Å². The summed E-state index contributed by atoms with van der Waals surface area (Å²) < 4.78 is 5.48. The molecule has 0 aliphatic carbocycles. The fourth-order valence-electron chi connectivity index (χ4n) is 1.37. The second-order valence-corrected chi connectivity index (χ2v) is 5.43. The molecular weight excluding hydrogens is 302 g/mol. The van der Waals surface area contributed by atoms with Crippen LogP contribution >= 0.6 is 23.4 Å². The van der Waals surface area contributed by atoms with E-state index in [1.54, 1.807) is 24.3 Å². The average Bonchev–Trinajstić information content (AvgIpc) is 2.88. The molecule has 0 amide bonds. The van der Waals surface area contributed by atoms with Crippen LogP contribution in [0.2, 0.25) is 5.02 Å². The number of carboxylic acids is 1. The molecule has 106 valence electrons. The first-order chi connectivity index (χ1) is 9.56. The Balaban J connectivity index is 1.92. The molecule has 0 unspecified atom stereocenters. The topological polar surface area (TPSA) is 102 Å². The molecule has 1 atom stereocenters. The van der Waals surface area contributed by atoms with Gasteiger partial charge in [-0.15, -0.1) is 22.0 Å². The number of halogens is 1. The van der Waals surface area contributed by atoms with E-state index in [4.69, 9.17) is 26.9 Å². The molecule has 0 saturated heterocycles. The van der Waals surface area contributed by atoms with Gasteiger partial charge in [-0.2, -0.15) is 0 Å². The molecule has 0 bridgehead atoms. The van der Waals surface area contributed by atoms with Crippen LogP contribution in [-0.2, 0) is 10.5 Å². The molecule has 0 saturated carbocycles. The summed E-state index contributed by atoms with van der Waals surface area (Å²) in [6, 6.07) is 6.15. The molecule has 2 aromatic rings. The number of nitrogens with zero attached hydrogens (tertiary/aromatic N) is 2. The van der Waals surface area contributed by atoms with Gasteiger partial charge >= 0.3 is 5.97 Å². The maximum atomic E-state index is 10.6. The maximum absolute atomic E-state index is 10.6. The number of hydrogen-bond acceptors (Lipinski definition) is 6. The van der Waals surface area contributed by atoms with Crippen molar-refractivity contribution in [2.45, 2.75) is 11.8 Å². The standard InChI is InChI=1S/C12H12ClN3O3S/c13-8-3-1-7(2-4-8)11-16-15-10(19-11)6-20-5-9(14)12(17)18/h1-4,9H,5-6,14H2,(H,17,18)/t9-/m0/s1. The minimum Gasteiger partial charge on any atom is -0.480 e. The Morgan fingerprint density at radius 1 is 1.40 bits per heavy atom. The highest BCUT2D eigenvalue weighted by Gasteiger charge is 2.13. The van der Waals surface area contributed by atoms with E-state index < -0.39 is 12.0 Å². The monoisotopic (exact) mass is 313 g/mol. The van der Waals surface area contributed by atoms with Crippen LogP contribution in [0.25, 0.3) is 11.5 Å². The van der Waals surface area contributed by atoms with E-state index in [1.165, 1.54) is 11.8 Å². The molecule has 3 N–H and O–H groups in total. The van der Waals surface area contributed by atoms with Gasteiger partial charge in [-0.1, -0.05) is 11.6 Å². The third-order valence-electron chi connectivity index (χ3n) is 2.40. The lowest BCUT2D eigenvalue weighted by molar-refractivity contribution is -0.137. The smallest absolute Gasteiger partial charge is 0.321 e. The molecular formula is C12H12ClN3O3S. The molecule has 0 aliphatic rings. The fraction of sp³-hybridized carbons (Fsp3) is 0.250. The number of nitrogens with two attached hydrogens (primary N) is 1. The van der Waals surface area contributed by atoms with Crippen LogP contribution in [-0.4, -0.2) is 33.1 Å². The van der Waals surface area contributed by atoms with Crippen molar-refractivity contribution in [3.63, 3.8) is 0 Å². The van der Waals surface area contributed by atoms with Gasteiger partial charge in [0.1, 0.15) is 6.04 Å². The van der Waals surface area contributed by atoms with Crippen molar-refractivity contribution in [3.8, 4) is 11.5 Å². The van der Waals surface area contributed by atoms with Crippen molar-refractivity contribution in [2.24, 2.45) is 5.73 Å². The highest BCUT2D eigenvalue weighted by molar-refractivity contribution is 7.98. The quantitative estimate of drug-likeness (QED) is 0.841. The zero-order valence-corrected chi connectivity index (χ0v) is 11.9. The minimum absolute atomic E-state index is 0.286. The van der Waals surface area contributed by atoms with Crippen LogP contribution in [0.4, 0.5) is 0 Å². The van der Waals surface area contributed by atoms with Gasteiger partial charge in [0.2, 0.25) is 11.8 Å². The number of hydrogen-bond donors (Lipinski definition) is 2. The van der Waals surface area contributed by atoms with Crippen molar-refractivity contribution >= 4 is 29.3 Å². The molecule has 0 aliphatic heterocycles. The summed E-state index contributed by atoms with van der Waals surface area (Å²) in [6.45, 7) is 0. The van der Waals surface area contributed by atoms with Crippen molar-refractivity contribution < 1.29 is 14.3 Å².